The minimum atomic E-state index is -1.06. The van der Waals surface area contributed by atoms with Crippen LogP contribution in [0.25, 0.3) is 0 Å². The fourth-order valence-electron chi connectivity index (χ4n) is 4.99. The van der Waals surface area contributed by atoms with E-state index < -0.39 is 5.97 Å². The summed E-state index contributed by atoms with van der Waals surface area (Å²) < 4.78 is 0. The number of rotatable bonds is 2. The molecule has 0 radical (unpaired) electrons. The second-order valence-corrected chi connectivity index (χ2v) is 7.02. The number of carboxylic acid groups (broad SMARTS) is 1. The molecule has 2 bridgehead atoms. The van der Waals surface area contributed by atoms with Crippen molar-refractivity contribution < 1.29 is 19.5 Å². The largest absolute Gasteiger partial charge is 0.478 e. The molecule has 0 spiro atoms. The molecule has 1 aromatic rings. The lowest BCUT2D eigenvalue weighted by Crippen LogP contribution is -2.40. The van der Waals surface area contributed by atoms with E-state index in [1.54, 1.807) is 12.1 Å². The van der Waals surface area contributed by atoms with E-state index in [-0.39, 0.29) is 41.0 Å². The van der Waals surface area contributed by atoms with Crippen LogP contribution in [0.1, 0.15) is 16.8 Å². The van der Waals surface area contributed by atoms with Gasteiger partial charge >= 0.3 is 5.97 Å². The number of allylic oxidation sites excluding steroid dienone is 2. The average molecular weight is 309 g/mol. The van der Waals surface area contributed by atoms with Crippen molar-refractivity contribution in [3.05, 3.63) is 42.0 Å². The van der Waals surface area contributed by atoms with Gasteiger partial charge in [0.05, 0.1) is 23.1 Å². The molecule has 1 heterocycles. The van der Waals surface area contributed by atoms with Crippen LogP contribution in [0.5, 0.6) is 0 Å². The third-order valence-electron chi connectivity index (χ3n) is 6.01. The summed E-state index contributed by atoms with van der Waals surface area (Å²) in [5.74, 6) is -0.407. The normalized spacial score (nSPS) is 39.4. The Morgan fingerprint density at radius 2 is 1.65 bits per heavy atom. The van der Waals surface area contributed by atoms with Gasteiger partial charge in [-0.2, -0.15) is 0 Å². The number of carbonyl (C=O) groups is 3. The van der Waals surface area contributed by atoms with Crippen molar-refractivity contribution in [3.63, 3.8) is 0 Å². The second-order valence-electron chi connectivity index (χ2n) is 7.02. The number of anilines is 1. The number of carboxylic acids is 1. The van der Waals surface area contributed by atoms with Crippen LogP contribution in [0.4, 0.5) is 5.69 Å². The Kier molecular flexibility index (Phi) is 2.33. The van der Waals surface area contributed by atoms with E-state index in [0.717, 1.165) is 6.42 Å². The molecule has 2 saturated carbocycles. The molecule has 3 fully saturated rings. The number of imide groups is 1. The summed E-state index contributed by atoms with van der Waals surface area (Å²) in [4.78, 5) is 38.2. The molecule has 116 valence electrons. The third-order valence-corrected chi connectivity index (χ3v) is 6.01. The van der Waals surface area contributed by atoms with Gasteiger partial charge in [-0.1, -0.05) is 18.2 Å². The molecule has 1 saturated heterocycles. The van der Waals surface area contributed by atoms with Crippen molar-refractivity contribution in [1.29, 1.82) is 0 Å². The average Bonchev–Trinajstić information content (AvgIpc) is 3.32. The molecule has 23 heavy (non-hydrogen) atoms. The molecule has 6 rings (SSSR count). The van der Waals surface area contributed by atoms with Gasteiger partial charge in [0.15, 0.2) is 0 Å². The lowest BCUT2D eigenvalue weighted by Gasteiger charge is -2.37. The SMILES string of the molecule is O=C(O)c1cccc(N2C(=O)[C@@H]3[C@@H]4C=C[C@H]([C@H]5C[C@H]45)[C@@H]3C2=O)c1. The molecule has 1 aromatic carbocycles. The minimum Gasteiger partial charge on any atom is -0.478 e. The first kappa shape index (κ1) is 13.0. The fraction of sp³-hybridized carbons (Fsp3) is 0.389. The first-order chi connectivity index (χ1) is 11.1. The summed E-state index contributed by atoms with van der Waals surface area (Å²) in [6, 6.07) is 6.08. The highest BCUT2D eigenvalue weighted by Gasteiger charge is 2.67. The van der Waals surface area contributed by atoms with Crippen molar-refractivity contribution in [2.45, 2.75) is 6.42 Å². The Bertz CT molecular complexity index is 762. The van der Waals surface area contributed by atoms with Gasteiger partial charge in [-0.25, -0.2) is 9.69 Å². The molecule has 6 atom stereocenters. The number of hydrogen-bond acceptors (Lipinski definition) is 3. The van der Waals surface area contributed by atoms with Crippen LogP contribution in [-0.4, -0.2) is 22.9 Å². The maximum absolute atomic E-state index is 12.9. The molecule has 5 aliphatic rings. The van der Waals surface area contributed by atoms with Crippen LogP contribution in [0, 0.1) is 35.5 Å². The fourth-order valence-corrected chi connectivity index (χ4v) is 4.99. The highest BCUT2D eigenvalue weighted by molar-refractivity contribution is 6.22. The van der Waals surface area contributed by atoms with Gasteiger partial charge in [0, 0.05) is 0 Å². The highest BCUT2D eigenvalue weighted by atomic mass is 16.4. The molecular formula is C18H15NO4. The van der Waals surface area contributed by atoms with Crippen LogP contribution in [0.3, 0.4) is 0 Å². The van der Waals surface area contributed by atoms with Gasteiger partial charge < -0.3 is 5.11 Å². The van der Waals surface area contributed by atoms with Crippen LogP contribution in [0.15, 0.2) is 36.4 Å². The number of carbonyl (C=O) groups excluding carboxylic acids is 2. The molecular weight excluding hydrogens is 294 g/mol. The Morgan fingerprint density at radius 3 is 2.22 bits per heavy atom. The van der Waals surface area contributed by atoms with Crippen LogP contribution < -0.4 is 4.90 Å². The van der Waals surface area contributed by atoms with E-state index in [9.17, 15) is 14.4 Å². The minimum absolute atomic E-state index is 0.0851. The van der Waals surface area contributed by atoms with Gasteiger partial charge in [0.2, 0.25) is 11.8 Å². The topological polar surface area (TPSA) is 74.7 Å². The lowest BCUT2D eigenvalue weighted by atomic mass is 9.63. The van der Waals surface area contributed by atoms with Crippen molar-refractivity contribution in [3.8, 4) is 0 Å². The van der Waals surface area contributed by atoms with Crippen LogP contribution in [0.2, 0.25) is 0 Å². The van der Waals surface area contributed by atoms with Crippen molar-refractivity contribution in [2.75, 3.05) is 4.90 Å². The summed E-state index contributed by atoms with van der Waals surface area (Å²) in [5.41, 5.74) is 0.462. The Morgan fingerprint density at radius 1 is 1.04 bits per heavy atom. The highest BCUT2D eigenvalue weighted by Crippen LogP contribution is 2.65. The lowest BCUT2D eigenvalue weighted by molar-refractivity contribution is -0.124. The number of amides is 2. The Hall–Kier alpha value is -2.43. The Balaban J connectivity index is 1.57. The van der Waals surface area contributed by atoms with E-state index in [1.807, 2.05) is 0 Å². The van der Waals surface area contributed by atoms with Crippen LogP contribution in [-0.2, 0) is 9.59 Å². The van der Waals surface area contributed by atoms with E-state index in [0.29, 0.717) is 17.5 Å². The zero-order chi connectivity index (χ0) is 15.9. The van der Waals surface area contributed by atoms with E-state index >= 15 is 0 Å². The number of aromatic carboxylic acids is 1. The summed E-state index contributed by atoms with van der Waals surface area (Å²) in [7, 11) is 0. The number of benzene rings is 1. The molecule has 0 unspecified atom stereocenters. The van der Waals surface area contributed by atoms with E-state index in [1.165, 1.54) is 17.0 Å². The van der Waals surface area contributed by atoms with Crippen molar-refractivity contribution >= 4 is 23.5 Å². The molecule has 0 aromatic heterocycles. The predicted molar refractivity (Wildman–Crippen MR) is 80.6 cm³/mol. The quantitative estimate of drug-likeness (QED) is 0.669. The molecule has 4 aliphatic carbocycles. The monoisotopic (exact) mass is 309 g/mol. The summed E-state index contributed by atoms with van der Waals surface area (Å²) in [6.07, 6.45) is 5.38. The van der Waals surface area contributed by atoms with Crippen LogP contribution >= 0.6 is 0 Å². The molecule has 2 amide bonds. The van der Waals surface area contributed by atoms with Gasteiger partial charge in [-0.3, -0.25) is 9.59 Å². The zero-order valence-electron chi connectivity index (χ0n) is 12.3. The Labute approximate surface area is 132 Å². The van der Waals surface area contributed by atoms with E-state index in [2.05, 4.69) is 12.2 Å². The standard InChI is InChI=1S/C18H15NO4/c20-16-14-10-4-5-11(13-7-12(10)13)15(14)17(21)19(16)9-3-1-2-8(6-9)18(22)23/h1-6,10-15H,7H2,(H,22,23)/t10-,11-,12-,13-,14-,15+/m1/s1. The molecule has 5 nitrogen and oxygen atoms in total. The zero-order valence-corrected chi connectivity index (χ0v) is 12.3. The molecule has 5 heteroatoms. The van der Waals surface area contributed by atoms with Crippen molar-refractivity contribution in [2.24, 2.45) is 35.5 Å². The maximum Gasteiger partial charge on any atom is 0.335 e. The number of hydrogen-bond donors (Lipinski definition) is 1. The molecule has 1 N–H and O–H groups in total. The second kappa shape index (κ2) is 4.10. The summed E-state index contributed by atoms with van der Waals surface area (Å²) in [5, 5.41) is 9.13. The van der Waals surface area contributed by atoms with Gasteiger partial charge in [0.25, 0.3) is 0 Å². The number of nitrogens with zero attached hydrogens (tertiary/aromatic N) is 1. The third kappa shape index (κ3) is 1.54. The van der Waals surface area contributed by atoms with Gasteiger partial charge in [-0.05, 0) is 48.3 Å². The maximum atomic E-state index is 12.9. The van der Waals surface area contributed by atoms with Gasteiger partial charge in [-0.15, -0.1) is 0 Å². The first-order valence-corrected chi connectivity index (χ1v) is 7.97. The predicted octanol–water partition coefficient (Wildman–Crippen LogP) is 1.94. The van der Waals surface area contributed by atoms with Gasteiger partial charge in [0.1, 0.15) is 0 Å². The van der Waals surface area contributed by atoms with E-state index in [4.69, 9.17) is 5.11 Å². The molecule has 1 aliphatic heterocycles. The smallest absolute Gasteiger partial charge is 0.335 e. The first-order valence-electron chi connectivity index (χ1n) is 7.97. The summed E-state index contributed by atoms with van der Waals surface area (Å²) in [6.45, 7) is 0. The van der Waals surface area contributed by atoms with Crippen molar-refractivity contribution in [1.82, 2.24) is 0 Å². The summed E-state index contributed by atoms with van der Waals surface area (Å²) >= 11 is 0.